The minimum atomic E-state index is -0.947. The van der Waals surface area contributed by atoms with Gasteiger partial charge in [-0.3, -0.25) is 4.79 Å². The van der Waals surface area contributed by atoms with Crippen LogP contribution in [0.1, 0.15) is 32.6 Å². The fourth-order valence-electron chi connectivity index (χ4n) is 2.18. The number of carbonyl (C=O) groups is 1. The summed E-state index contributed by atoms with van der Waals surface area (Å²) in [5.41, 5.74) is 6.53. The van der Waals surface area contributed by atoms with Gasteiger partial charge in [-0.25, -0.2) is 0 Å². The van der Waals surface area contributed by atoms with Crippen molar-refractivity contribution in [1.29, 1.82) is 0 Å². The maximum Gasteiger partial charge on any atom is 0.304 e. The second-order valence-corrected chi connectivity index (χ2v) is 5.61. The normalized spacial score (nSPS) is 12.1. The van der Waals surface area contributed by atoms with E-state index in [1.54, 1.807) is 0 Å². The zero-order valence-corrected chi connectivity index (χ0v) is 13.8. The molecule has 0 amide bonds. The molecular weight excluding hydrogens is 310 g/mol. The number of carboxylic acid groups (broad SMARTS) is 1. The van der Waals surface area contributed by atoms with Gasteiger partial charge in [-0.2, -0.15) is 4.80 Å². The number of ether oxygens (including phenoxy) is 1. The third kappa shape index (κ3) is 5.62. The number of aromatic nitrogens is 4. The van der Waals surface area contributed by atoms with Gasteiger partial charge in [-0.05, 0) is 35.9 Å². The average Bonchev–Trinajstić information content (AvgIpc) is 2.99. The highest BCUT2D eigenvalue weighted by molar-refractivity contribution is 5.67. The molecule has 130 valence electrons. The van der Waals surface area contributed by atoms with Crippen LogP contribution in [0, 0.1) is 0 Å². The van der Waals surface area contributed by atoms with Gasteiger partial charge in [0.05, 0.1) is 19.6 Å². The van der Waals surface area contributed by atoms with Gasteiger partial charge in [0.1, 0.15) is 5.75 Å². The van der Waals surface area contributed by atoms with Crippen LogP contribution in [0.25, 0.3) is 11.4 Å². The third-order valence-corrected chi connectivity index (χ3v) is 3.42. The Morgan fingerprint density at radius 2 is 2.08 bits per heavy atom. The summed E-state index contributed by atoms with van der Waals surface area (Å²) in [6.07, 6.45) is 3.24. The van der Waals surface area contributed by atoms with Crippen molar-refractivity contribution in [3.05, 3.63) is 24.3 Å². The van der Waals surface area contributed by atoms with E-state index in [1.807, 2.05) is 24.3 Å². The lowest BCUT2D eigenvalue weighted by molar-refractivity contribution is -0.137. The van der Waals surface area contributed by atoms with E-state index in [0.717, 1.165) is 24.2 Å². The number of rotatable bonds is 10. The van der Waals surface area contributed by atoms with Crippen molar-refractivity contribution in [2.75, 3.05) is 6.61 Å². The molecule has 0 saturated heterocycles. The molecule has 8 nitrogen and oxygen atoms in total. The lowest BCUT2D eigenvalue weighted by atomic mass is 10.2. The summed E-state index contributed by atoms with van der Waals surface area (Å²) in [6, 6.07) is 6.93. The number of aliphatic carboxylic acids is 1. The number of carboxylic acids is 1. The van der Waals surface area contributed by atoms with Gasteiger partial charge >= 0.3 is 5.97 Å². The van der Waals surface area contributed by atoms with Crippen molar-refractivity contribution in [3.8, 4) is 17.1 Å². The lowest BCUT2D eigenvalue weighted by Crippen LogP contribution is -2.30. The van der Waals surface area contributed by atoms with E-state index in [1.165, 1.54) is 11.2 Å². The molecule has 24 heavy (non-hydrogen) atoms. The summed E-state index contributed by atoms with van der Waals surface area (Å²) in [7, 11) is 0. The molecule has 3 N–H and O–H groups in total. The highest BCUT2D eigenvalue weighted by atomic mass is 16.5. The van der Waals surface area contributed by atoms with E-state index in [9.17, 15) is 4.79 Å². The number of tetrazole rings is 1. The average molecular weight is 333 g/mol. The Morgan fingerprint density at radius 1 is 1.33 bits per heavy atom. The first kappa shape index (κ1) is 17.9. The molecule has 0 saturated carbocycles. The summed E-state index contributed by atoms with van der Waals surface area (Å²) >= 11 is 0. The van der Waals surface area contributed by atoms with Crippen molar-refractivity contribution in [3.63, 3.8) is 0 Å². The summed E-state index contributed by atoms with van der Waals surface area (Å²) in [5.74, 6) is 0.332. The fraction of sp³-hybridized carbons (Fsp3) is 0.500. The van der Waals surface area contributed by atoms with Crippen LogP contribution < -0.4 is 10.5 Å². The standard InChI is InChI=1S/C16H23N5O3/c1-2-3-4-9-24-14-7-5-12(6-8-14)16-18-20-21(19-16)11-13(17)10-15(22)23/h5-8,13H,2-4,9-11,17H2,1H3,(H,22,23)/t13-/m1/s1. The Bertz CT molecular complexity index is 641. The number of hydrogen-bond donors (Lipinski definition) is 2. The second-order valence-electron chi connectivity index (χ2n) is 5.61. The molecule has 0 aliphatic carbocycles. The quantitative estimate of drug-likeness (QED) is 0.636. The molecule has 0 fully saturated rings. The molecule has 2 aromatic rings. The van der Waals surface area contributed by atoms with Crippen LogP contribution in [0.2, 0.25) is 0 Å². The van der Waals surface area contributed by atoms with Gasteiger partial charge in [0.2, 0.25) is 5.82 Å². The number of nitrogens with zero attached hydrogens (tertiary/aromatic N) is 4. The number of hydrogen-bond acceptors (Lipinski definition) is 6. The van der Waals surface area contributed by atoms with E-state index in [0.29, 0.717) is 12.4 Å². The fourth-order valence-corrected chi connectivity index (χ4v) is 2.18. The van der Waals surface area contributed by atoms with E-state index in [4.69, 9.17) is 15.6 Å². The largest absolute Gasteiger partial charge is 0.494 e. The van der Waals surface area contributed by atoms with Crippen LogP contribution in [-0.4, -0.2) is 43.9 Å². The first-order valence-electron chi connectivity index (χ1n) is 8.07. The summed E-state index contributed by atoms with van der Waals surface area (Å²) < 4.78 is 5.66. The molecule has 0 unspecified atom stereocenters. The highest BCUT2D eigenvalue weighted by Crippen LogP contribution is 2.19. The maximum atomic E-state index is 10.6. The first-order valence-corrected chi connectivity index (χ1v) is 8.07. The van der Waals surface area contributed by atoms with Crippen molar-refractivity contribution in [1.82, 2.24) is 20.2 Å². The van der Waals surface area contributed by atoms with E-state index >= 15 is 0 Å². The number of unbranched alkanes of at least 4 members (excludes halogenated alkanes) is 2. The minimum absolute atomic E-state index is 0.138. The van der Waals surface area contributed by atoms with Gasteiger partial charge < -0.3 is 15.6 Å². The van der Waals surface area contributed by atoms with Crippen LogP contribution in [0.15, 0.2) is 24.3 Å². The van der Waals surface area contributed by atoms with Crippen LogP contribution in [0.4, 0.5) is 0 Å². The molecule has 0 radical (unpaired) electrons. The number of nitrogens with two attached hydrogens (primary N) is 1. The molecule has 2 rings (SSSR count). The SMILES string of the molecule is CCCCCOc1ccc(-c2nnn(C[C@H](N)CC(=O)O)n2)cc1. The highest BCUT2D eigenvalue weighted by Gasteiger charge is 2.12. The molecule has 0 aliphatic rings. The van der Waals surface area contributed by atoms with E-state index in [-0.39, 0.29) is 13.0 Å². The van der Waals surface area contributed by atoms with Crippen LogP contribution in [-0.2, 0) is 11.3 Å². The van der Waals surface area contributed by atoms with Crippen LogP contribution in [0.5, 0.6) is 5.75 Å². The molecule has 1 aromatic heterocycles. The molecule has 0 spiro atoms. The Morgan fingerprint density at radius 3 is 2.75 bits per heavy atom. The summed E-state index contributed by atoms with van der Waals surface area (Å²) in [4.78, 5) is 11.9. The smallest absolute Gasteiger partial charge is 0.304 e. The second kappa shape index (κ2) is 8.97. The Kier molecular flexibility index (Phi) is 6.68. The zero-order valence-electron chi connectivity index (χ0n) is 13.8. The van der Waals surface area contributed by atoms with E-state index < -0.39 is 12.0 Å². The predicted molar refractivity (Wildman–Crippen MR) is 88.5 cm³/mol. The van der Waals surface area contributed by atoms with E-state index in [2.05, 4.69) is 22.3 Å². The first-order chi connectivity index (χ1) is 11.6. The minimum Gasteiger partial charge on any atom is -0.494 e. The Labute approximate surface area is 140 Å². The molecule has 8 heteroatoms. The molecule has 1 heterocycles. The third-order valence-electron chi connectivity index (χ3n) is 3.42. The predicted octanol–water partition coefficient (Wildman–Crippen LogP) is 1.71. The zero-order chi connectivity index (χ0) is 17.4. The molecule has 0 aliphatic heterocycles. The number of benzene rings is 1. The maximum absolute atomic E-state index is 10.6. The summed E-state index contributed by atoms with van der Waals surface area (Å²) in [5, 5.41) is 20.8. The molecular formula is C16H23N5O3. The van der Waals surface area contributed by atoms with Crippen molar-refractivity contribution in [2.45, 2.75) is 45.2 Å². The van der Waals surface area contributed by atoms with Crippen molar-refractivity contribution < 1.29 is 14.6 Å². The van der Waals surface area contributed by atoms with Gasteiger partial charge in [-0.15, -0.1) is 10.2 Å². The van der Waals surface area contributed by atoms with Gasteiger partial charge in [0.15, 0.2) is 0 Å². The Balaban J connectivity index is 1.91. The monoisotopic (exact) mass is 333 g/mol. The van der Waals surface area contributed by atoms with Gasteiger partial charge in [0, 0.05) is 11.6 Å². The van der Waals surface area contributed by atoms with Crippen LogP contribution in [0.3, 0.4) is 0 Å². The Hall–Kier alpha value is -2.48. The molecule has 1 aromatic carbocycles. The van der Waals surface area contributed by atoms with Crippen LogP contribution >= 0.6 is 0 Å². The lowest BCUT2D eigenvalue weighted by Gasteiger charge is -2.06. The van der Waals surface area contributed by atoms with Crippen molar-refractivity contribution in [2.24, 2.45) is 5.73 Å². The van der Waals surface area contributed by atoms with Gasteiger partial charge in [0.25, 0.3) is 0 Å². The topological polar surface area (TPSA) is 116 Å². The summed E-state index contributed by atoms with van der Waals surface area (Å²) in [6.45, 7) is 3.07. The molecule has 0 bridgehead atoms. The molecule has 1 atom stereocenters. The van der Waals surface area contributed by atoms with Gasteiger partial charge in [-0.1, -0.05) is 19.8 Å². The van der Waals surface area contributed by atoms with Crippen molar-refractivity contribution >= 4 is 5.97 Å².